The molecular weight excluding hydrogens is 528 g/mol. The first kappa shape index (κ1) is 29.0. The van der Waals surface area contributed by atoms with Crippen LogP contribution in [0.4, 0.5) is 8.78 Å². The van der Waals surface area contributed by atoms with Crippen molar-refractivity contribution in [1.29, 1.82) is 5.26 Å². The molecule has 5 saturated heterocycles. The lowest BCUT2D eigenvalue weighted by Crippen LogP contribution is -2.58. The Morgan fingerprint density at radius 2 is 1.92 bits per heavy atom. The molecule has 11 unspecified atom stereocenters. The van der Waals surface area contributed by atoms with E-state index in [2.05, 4.69) is 39.6 Å². The Hall–Kier alpha value is -1.56. The van der Waals surface area contributed by atoms with Crippen molar-refractivity contribution in [3.8, 4) is 6.07 Å². The van der Waals surface area contributed by atoms with E-state index in [1.165, 1.54) is 0 Å². The molecule has 0 aromatic rings. The molecule has 5 heterocycles. The van der Waals surface area contributed by atoms with Crippen LogP contribution in [-0.4, -0.2) is 98.1 Å². The molecule has 5 aliphatic rings. The Morgan fingerprint density at radius 1 is 1.10 bits per heavy atom. The van der Waals surface area contributed by atoms with E-state index in [1.54, 1.807) is 18.9 Å². The number of likely N-dealkylation sites (tertiary alicyclic amines) is 1. The highest BCUT2D eigenvalue weighted by atomic mass is 32.2. The van der Waals surface area contributed by atoms with Crippen molar-refractivity contribution in [3.63, 3.8) is 0 Å². The van der Waals surface area contributed by atoms with E-state index in [4.69, 9.17) is 4.74 Å². The highest BCUT2D eigenvalue weighted by molar-refractivity contribution is 8.00. The van der Waals surface area contributed by atoms with Crippen LogP contribution in [0.15, 0.2) is 0 Å². The minimum absolute atomic E-state index is 0.00812. The average Bonchev–Trinajstić information content (AvgIpc) is 3.51. The minimum Gasteiger partial charge on any atom is -0.366 e. The molecule has 2 amide bonds. The number of amides is 2. The summed E-state index contributed by atoms with van der Waals surface area (Å²) < 4.78 is 31.6. The zero-order chi connectivity index (χ0) is 27.7. The zero-order valence-corrected chi connectivity index (χ0v) is 23.4. The molecule has 10 nitrogen and oxygen atoms in total. The van der Waals surface area contributed by atoms with E-state index < -0.39 is 18.4 Å². The van der Waals surface area contributed by atoms with Crippen LogP contribution in [0.25, 0.3) is 0 Å². The molecular formula is C26H41F2N7O3S. The fourth-order valence-corrected chi connectivity index (χ4v) is 8.50. The Morgan fingerprint density at radius 3 is 2.59 bits per heavy atom. The summed E-state index contributed by atoms with van der Waals surface area (Å²) in [5, 5.41) is 26.2. The van der Waals surface area contributed by atoms with Crippen LogP contribution in [0.5, 0.6) is 0 Å². The molecule has 218 valence electrons. The molecule has 0 spiro atoms. The number of methoxy groups -OCH3 is 1. The van der Waals surface area contributed by atoms with Gasteiger partial charge >= 0.3 is 0 Å². The largest absolute Gasteiger partial charge is 0.366 e. The van der Waals surface area contributed by atoms with Crippen LogP contribution in [-0.2, 0) is 14.3 Å². The van der Waals surface area contributed by atoms with Crippen LogP contribution in [0.1, 0.15) is 32.6 Å². The lowest BCUT2D eigenvalue weighted by atomic mass is 9.70. The Kier molecular flexibility index (Phi) is 9.30. The third kappa shape index (κ3) is 6.36. The number of piperidine rings is 3. The maximum atomic E-state index is 13.6. The summed E-state index contributed by atoms with van der Waals surface area (Å²) in [5.41, 5.74) is -0.237. The lowest BCUT2D eigenvalue weighted by molar-refractivity contribution is -0.134. The van der Waals surface area contributed by atoms with Gasteiger partial charge in [-0.25, -0.2) is 8.78 Å². The second-order valence-electron chi connectivity index (χ2n) is 11.8. The molecule has 0 radical (unpaired) electrons. The summed E-state index contributed by atoms with van der Waals surface area (Å²) in [6.07, 6.45) is -0.190. The normalized spacial score (nSPS) is 42.7. The third-order valence-electron chi connectivity index (χ3n) is 9.30. The van der Waals surface area contributed by atoms with Gasteiger partial charge in [0.05, 0.1) is 23.9 Å². The molecule has 13 heteroatoms. The van der Waals surface area contributed by atoms with Crippen molar-refractivity contribution in [2.45, 2.75) is 74.1 Å². The van der Waals surface area contributed by atoms with Crippen molar-refractivity contribution >= 4 is 23.6 Å². The highest BCUT2D eigenvalue weighted by Gasteiger charge is 2.47. The van der Waals surface area contributed by atoms with Crippen LogP contribution >= 0.6 is 11.8 Å². The van der Waals surface area contributed by atoms with Gasteiger partial charge in [-0.1, -0.05) is 0 Å². The molecule has 0 aliphatic carbocycles. The zero-order valence-electron chi connectivity index (χ0n) is 22.6. The highest BCUT2D eigenvalue weighted by Crippen LogP contribution is 2.38. The smallest absolute Gasteiger partial charge is 0.242 e. The molecule has 39 heavy (non-hydrogen) atoms. The summed E-state index contributed by atoms with van der Waals surface area (Å²) in [6.45, 7) is 4.60. The quantitative estimate of drug-likeness (QED) is 0.306. The Balaban J connectivity index is 1.14. The van der Waals surface area contributed by atoms with Crippen molar-refractivity contribution in [2.24, 2.45) is 29.6 Å². The minimum atomic E-state index is -2.36. The predicted molar refractivity (Wildman–Crippen MR) is 142 cm³/mol. The van der Waals surface area contributed by atoms with Gasteiger partial charge in [-0.2, -0.15) is 5.26 Å². The first-order valence-electron chi connectivity index (χ1n) is 14.2. The average molecular weight is 570 g/mol. The van der Waals surface area contributed by atoms with E-state index in [0.29, 0.717) is 45.4 Å². The number of alkyl halides is 2. The molecule has 0 aromatic heterocycles. The number of hydrogen-bond donors (Lipinski definition) is 5. The van der Waals surface area contributed by atoms with Crippen LogP contribution in [0, 0.1) is 40.9 Å². The van der Waals surface area contributed by atoms with Crippen LogP contribution in [0.3, 0.4) is 0 Å². The molecule has 0 saturated carbocycles. The van der Waals surface area contributed by atoms with E-state index in [9.17, 15) is 23.6 Å². The maximum Gasteiger partial charge on any atom is 0.242 e. The summed E-state index contributed by atoms with van der Waals surface area (Å²) in [6, 6.07) is 2.33. The van der Waals surface area contributed by atoms with Gasteiger partial charge in [0, 0.05) is 69.0 Å². The van der Waals surface area contributed by atoms with Gasteiger partial charge in [0.25, 0.3) is 0 Å². The molecule has 5 aliphatic heterocycles. The van der Waals surface area contributed by atoms with Gasteiger partial charge in [-0.3, -0.25) is 20.2 Å². The SMILES string of the molecule is COC1NCC(C#N)CC1C1CC(C)NCC1C(=O)NC1NC2CN(C(=O)C3CCC(C(F)F)CN3)CC2S1. The Labute approximate surface area is 233 Å². The molecule has 5 fully saturated rings. The number of nitrogens with one attached hydrogen (secondary N) is 5. The van der Waals surface area contributed by atoms with Gasteiger partial charge in [0.1, 0.15) is 11.7 Å². The maximum absolute atomic E-state index is 13.6. The summed E-state index contributed by atoms with van der Waals surface area (Å²) in [4.78, 5) is 28.4. The summed E-state index contributed by atoms with van der Waals surface area (Å²) in [7, 11) is 1.67. The number of carbonyl (C=O) groups is 2. The van der Waals surface area contributed by atoms with Gasteiger partial charge in [-0.15, -0.1) is 11.8 Å². The third-order valence-corrected chi connectivity index (χ3v) is 10.7. The summed E-state index contributed by atoms with van der Waals surface area (Å²) in [5.74, 6) is -0.887. The number of halogens is 2. The number of nitrogens with zero attached hydrogens (tertiary/aromatic N) is 2. The first-order valence-corrected chi connectivity index (χ1v) is 15.1. The van der Waals surface area contributed by atoms with Crippen molar-refractivity contribution in [3.05, 3.63) is 0 Å². The standard InChI is InChI=1S/C26H41F2N7O3S/c1-13-5-16(17-6-14(7-29)8-32-24(17)38-2)18(10-30-13)23(36)34-26-33-20-11-35(12-21(20)39-26)25(37)19-4-3-15(9-31-19)22(27)28/h13-22,24,26,30-33H,3-6,8-12H2,1-2H3,(H,34,36). The van der Waals surface area contributed by atoms with Crippen molar-refractivity contribution in [2.75, 3.05) is 39.8 Å². The number of ether oxygens (including phenoxy) is 1. The van der Waals surface area contributed by atoms with E-state index in [-0.39, 0.29) is 71.1 Å². The second-order valence-corrected chi connectivity index (χ2v) is 13.2. The van der Waals surface area contributed by atoms with Crippen LogP contribution in [0.2, 0.25) is 0 Å². The molecule has 11 atom stereocenters. The molecule has 0 aromatic carbocycles. The fraction of sp³-hybridized carbons (Fsp3) is 0.885. The van der Waals surface area contributed by atoms with Gasteiger partial charge in [0.15, 0.2) is 0 Å². The summed E-state index contributed by atoms with van der Waals surface area (Å²) >= 11 is 1.64. The molecule has 0 bridgehead atoms. The van der Waals surface area contributed by atoms with Crippen molar-refractivity contribution in [1.82, 2.24) is 31.5 Å². The number of rotatable bonds is 6. The predicted octanol–water partition coefficient (Wildman–Crippen LogP) is 0.271. The molecule has 5 rings (SSSR count). The topological polar surface area (TPSA) is 131 Å². The van der Waals surface area contributed by atoms with E-state index in [1.807, 2.05) is 4.90 Å². The van der Waals surface area contributed by atoms with Crippen LogP contribution < -0.4 is 26.6 Å². The van der Waals surface area contributed by atoms with Crippen molar-refractivity contribution < 1.29 is 23.1 Å². The lowest BCUT2D eigenvalue weighted by Gasteiger charge is -2.45. The second kappa shape index (κ2) is 12.5. The van der Waals surface area contributed by atoms with E-state index in [0.717, 1.165) is 6.42 Å². The monoisotopic (exact) mass is 569 g/mol. The molecule has 5 N–H and O–H groups in total. The fourth-order valence-electron chi connectivity index (χ4n) is 7.09. The van der Waals surface area contributed by atoms with E-state index >= 15 is 0 Å². The van der Waals surface area contributed by atoms with Gasteiger partial charge < -0.3 is 25.6 Å². The van der Waals surface area contributed by atoms with Gasteiger partial charge in [-0.05, 0) is 38.5 Å². The number of nitriles is 1. The number of carbonyl (C=O) groups excluding carboxylic acids is 2. The first-order chi connectivity index (χ1) is 18.8. The number of fused-ring (bicyclic) bond motifs is 1. The Bertz CT molecular complexity index is 920. The number of thioether (sulfide) groups is 1. The van der Waals surface area contributed by atoms with Gasteiger partial charge in [0.2, 0.25) is 18.2 Å². The number of hydrogen-bond acceptors (Lipinski definition) is 9.